The van der Waals surface area contributed by atoms with Crippen molar-refractivity contribution in [1.82, 2.24) is 0 Å². The van der Waals surface area contributed by atoms with E-state index in [9.17, 15) is 9.59 Å². The first-order valence-corrected chi connectivity index (χ1v) is 11.6. The standard InChI is InChI=1S/C27H17BrO7/c1-14-6-19(33-27(30)23-9-15-4-2-3-5-20(15)34-23)11-21-24(14)25(29)22(35-21)10-16-7-18(28)8-17-12-31-13-32-26(16)17/h2-11H,12-13H2,1H3/b22-10-. The van der Waals surface area contributed by atoms with Gasteiger partial charge in [-0.25, -0.2) is 4.79 Å². The molecule has 0 amide bonds. The van der Waals surface area contributed by atoms with Gasteiger partial charge in [-0.05, 0) is 48.9 Å². The van der Waals surface area contributed by atoms with Crippen LogP contribution in [0.1, 0.15) is 37.6 Å². The molecule has 35 heavy (non-hydrogen) atoms. The molecule has 0 saturated heterocycles. The lowest BCUT2D eigenvalue weighted by atomic mass is 10.0. The normalized spacial score (nSPS) is 15.5. The number of fused-ring (bicyclic) bond motifs is 3. The number of ether oxygens (including phenoxy) is 4. The third-order valence-electron chi connectivity index (χ3n) is 5.77. The number of ketones is 1. The van der Waals surface area contributed by atoms with E-state index in [1.165, 1.54) is 6.07 Å². The third-order valence-corrected chi connectivity index (χ3v) is 6.23. The zero-order valence-electron chi connectivity index (χ0n) is 18.4. The van der Waals surface area contributed by atoms with Crippen molar-refractivity contribution in [1.29, 1.82) is 0 Å². The minimum absolute atomic E-state index is 0.0883. The fraction of sp³-hybridized carbons (Fsp3) is 0.111. The maximum Gasteiger partial charge on any atom is 0.379 e. The number of aryl methyl sites for hydroxylation is 1. The summed E-state index contributed by atoms with van der Waals surface area (Å²) in [6.45, 7) is 2.32. The second-order valence-corrected chi connectivity index (χ2v) is 9.10. The molecule has 0 radical (unpaired) electrons. The number of hydrogen-bond acceptors (Lipinski definition) is 7. The molecule has 3 heterocycles. The van der Waals surface area contributed by atoms with Crippen molar-refractivity contribution in [3.8, 4) is 17.2 Å². The van der Waals surface area contributed by atoms with Crippen LogP contribution in [-0.4, -0.2) is 18.5 Å². The highest BCUT2D eigenvalue weighted by Gasteiger charge is 2.31. The highest BCUT2D eigenvalue weighted by atomic mass is 79.9. The third kappa shape index (κ3) is 3.90. The second kappa shape index (κ2) is 8.41. The van der Waals surface area contributed by atoms with Gasteiger partial charge in [0.2, 0.25) is 11.5 Å². The minimum Gasteiger partial charge on any atom is -0.467 e. The Hall–Kier alpha value is -3.88. The van der Waals surface area contributed by atoms with E-state index >= 15 is 0 Å². The molecule has 174 valence electrons. The van der Waals surface area contributed by atoms with Crippen molar-refractivity contribution in [2.24, 2.45) is 0 Å². The summed E-state index contributed by atoms with van der Waals surface area (Å²) in [5.74, 6) is 0.568. The molecule has 0 atom stereocenters. The van der Waals surface area contributed by atoms with Crippen LogP contribution in [0.3, 0.4) is 0 Å². The number of Topliss-reactive ketones (excluding diaryl/α,β-unsaturated/α-hetero) is 1. The van der Waals surface area contributed by atoms with Crippen molar-refractivity contribution in [2.45, 2.75) is 13.5 Å². The van der Waals surface area contributed by atoms with Gasteiger partial charge < -0.3 is 23.4 Å². The lowest BCUT2D eigenvalue weighted by Gasteiger charge is -2.20. The van der Waals surface area contributed by atoms with Crippen molar-refractivity contribution in [3.63, 3.8) is 0 Å². The lowest BCUT2D eigenvalue weighted by Crippen LogP contribution is -2.12. The van der Waals surface area contributed by atoms with Gasteiger partial charge in [0.1, 0.15) is 22.8 Å². The molecule has 0 fully saturated rings. The van der Waals surface area contributed by atoms with Gasteiger partial charge in [0.15, 0.2) is 12.6 Å². The number of carbonyl (C=O) groups excluding carboxylic acids is 2. The molecular formula is C27H17BrO7. The quantitative estimate of drug-likeness (QED) is 0.176. The summed E-state index contributed by atoms with van der Waals surface area (Å²) in [7, 11) is 0. The highest BCUT2D eigenvalue weighted by Crippen LogP contribution is 2.40. The molecule has 0 saturated carbocycles. The molecule has 2 aliphatic rings. The first-order valence-electron chi connectivity index (χ1n) is 10.8. The van der Waals surface area contributed by atoms with Gasteiger partial charge in [0.25, 0.3) is 0 Å². The van der Waals surface area contributed by atoms with Crippen LogP contribution >= 0.6 is 15.9 Å². The van der Waals surface area contributed by atoms with E-state index in [2.05, 4.69) is 15.9 Å². The summed E-state index contributed by atoms with van der Waals surface area (Å²) in [6.07, 6.45) is 1.65. The Morgan fingerprint density at radius 1 is 1.11 bits per heavy atom. The topological polar surface area (TPSA) is 84.2 Å². The Bertz CT molecular complexity index is 1530. The molecule has 4 aromatic rings. The zero-order chi connectivity index (χ0) is 24.1. The Balaban J connectivity index is 1.30. The predicted molar refractivity (Wildman–Crippen MR) is 130 cm³/mol. The van der Waals surface area contributed by atoms with E-state index in [-0.39, 0.29) is 29.8 Å². The van der Waals surface area contributed by atoms with Crippen LogP contribution in [0, 0.1) is 6.92 Å². The molecule has 2 aliphatic heterocycles. The molecule has 0 aliphatic carbocycles. The van der Waals surface area contributed by atoms with Crippen LogP contribution in [0.2, 0.25) is 0 Å². The van der Waals surface area contributed by atoms with Crippen LogP contribution in [0.4, 0.5) is 0 Å². The van der Waals surface area contributed by atoms with E-state index in [4.69, 9.17) is 23.4 Å². The molecule has 0 spiro atoms. The van der Waals surface area contributed by atoms with Crippen molar-refractivity contribution in [3.05, 3.63) is 92.8 Å². The molecule has 0 N–H and O–H groups in total. The Morgan fingerprint density at radius 2 is 1.97 bits per heavy atom. The van der Waals surface area contributed by atoms with E-state index in [0.29, 0.717) is 40.4 Å². The molecule has 3 aromatic carbocycles. The molecule has 0 bridgehead atoms. The zero-order valence-corrected chi connectivity index (χ0v) is 20.0. The highest BCUT2D eigenvalue weighted by molar-refractivity contribution is 9.10. The lowest BCUT2D eigenvalue weighted by molar-refractivity contribution is -0.0165. The SMILES string of the molecule is Cc1cc(OC(=O)c2cc3ccccc3o2)cc2c1C(=O)/C(=C/c1cc(Br)cc3c1OCOC3)O2. The number of rotatable bonds is 3. The molecule has 6 rings (SSSR count). The van der Waals surface area contributed by atoms with Gasteiger partial charge in [-0.1, -0.05) is 34.1 Å². The molecular weight excluding hydrogens is 516 g/mol. The summed E-state index contributed by atoms with van der Waals surface area (Å²) >= 11 is 3.49. The monoisotopic (exact) mass is 532 g/mol. The maximum absolute atomic E-state index is 13.1. The summed E-state index contributed by atoms with van der Waals surface area (Å²) < 4.78 is 28.9. The smallest absolute Gasteiger partial charge is 0.379 e. The number of benzene rings is 3. The van der Waals surface area contributed by atoms with E-state index in [0.717, 1.165) is 15.4 Å². The van der Waals surface area contributed by atoms with Crippen molar-refractivity contribution in [2.75, 3.05) is 6.79 Å². The van der Waals surface area contributed by atoms with Crippen molar-refractivity contribution >= 4 is 44.7 Å². The largest absolute Gasteiger partial charge is 0.467 e. The predicted octanol–water partition coefficient (Wildman–Crippen LogP) is 6.21. The van der Waals surface area contributed by atoms with Crippen LogP contribution in [0.15, 0.2) is 69.2 Å². The average molecular weight is 533 g/mol. The van der Waals surface area contributed by atoms with Crippen molar-refractivity contribution < 1.29 is 33.0 Å². The Morgan fingerprint density at radius 3 is 2.83 bits per heavy atom. The van der Waals surface area contributed by atoms with E-state index in [1.807, 2.05) is 30.3 Å². The van der Waals surface area contributed by atoms with Gasteiger partial charge in [0.05, 0.1) is 12.2 Å². The van der Waals surface area contributed by atoms with Crippen LogP contribution in [-0.2, 0) is 11.3 Å². The summed E-state index contributed by atoms with van der Waals surface area (Å²) in [4.78, 5) is 25.8. The van der Waals surface area contributed by atoms with Gasteiger partial charge in [-0.2, -0.15) is 0 Å². The number of furan rings is 1. The fourth-order valence-electron chi connectivity index (χ4n) is 4.23. The number of esters is 1. The minimum atomic E-state index is -0.638. The fourth-order valence-corrected chi connectivity index (χ4v) is 4.76. The van der Waals surface area contributed by atoms with Crippen LogP contribution < -0.4 is 14.2 Å². The first-order chi connectivity index (χ1) is 17.0. The number of carbonyl (C=O) groups is 2. The number of hydrogen-bond donors (Lipinski definition) is 0. The maximum atomic E-state index is 13.1. The second-order valence-electron chi connectivity index (χ2n) is 8.18. The van der Waals surface area contributed by atoms with Gasteiger partial charge in [-0.3, -0.25) is 4.79 Å². The Labute approximate surface area is 208 Å². The first kappa shape index (κ1) is 21.6. The Kier molecular flexibility index (Phi) is 5.20. The number of allylic oxidation sites excluding steroid dienone is 1. The molecule has 7 nitrogen and oxygen atoms in total. The summed E-state index contributed by atoms with van der Waals surface area (Å²) in [5, 5.41) is 0.804. The number of halogens is 1. The summed E-state index contributed by atoms with van der Waals surface area (Å²) in [5.41, 5.74) is 3.22. The molecule has 0 unspecified atom stereocenters. The van der Waals surface area contributed by atoms with Gasteiger partial charge in [0, 0.05) is 27.1 Å². The number of para-hydroxylation sites is 1. The van der Waals surface area contributed by atoms with Crippen LogP contribution in [0.5, 0.6) is 17.2 Å². The summed E-state index contributed by atoms with van der Waals surface area (Å²) in [6, 6.07) is 15.9. The van der Waals surface area contributed by atoms with Crippen LogP contribution in [0.25, 0.3) is 17.0 Å². The average Bonchev–Trinajstić information content (AvgIpc) is 3.40. The van der Waals surface area contributed by atoms with Gasteiger partial charge in [-0.15, -0.1) is 0 Å². The molecule has 1 aromatic heterocycles. The van der Waals surface area contributed by atoms with E-state index in [1.54, 1.807) is 31.2 Å². The van der Waals surface area contributed by atoms with Gasteiger partial charge >= 0.3 is 5.97 Å². The van der Waals surface area contributed by atoms with E-state index < -0.39 is 5.97 Å². The molecule has 8 heteroatoms.